The molecular formula is C14H16N2O3. The second-order valence-electron chi connectivity index (χ2n) is 4.50. The molecule has 0 saturated carbocycles. The highest BCUT2D eigenvalue weighted by atomic mass is 16.4. The highest BCUT2D eigenvalue weighted by Crippen LogP contribution is 2.14. The Morgan fingerprint density at radius 3 is 2.84 bits per heavy atom. The summed E-state index contributed by atoms with van der Waals surface area (Å²) in [5.41, 5.74) is 0.936. The van der Waals surface area contributed by atoms with E-state index in [-0.39, 0.29) is 12.5 Å². The number of piperidine rings is 1. The predicted octanol–water partition coefficient (Wildman–Crippen LogP) is 1.18. The van der Waals surface area contributed by atoms with Crippen LogP contribution in [0.25, 0.3) is 0 Å². The van der Waals surface area contributed by atoms with Crippen molar-refractivity contribution in [2.75, 3.05) is 13.1 Å². The summed E-state index contributed by atoms with van der Waals surface area (Å²) in [7, 11) is 0. The highest BCUT2D eigenvalue weighted by molar-refractivity contribution is 5.89. The lowest BCUT2D eigenvalue weighted by Gasteiger charge is -2.29. The molecule has 1 amide bonds. The lowest BCUT2D eigenvalue weighted by atomic mass is 10.1. The average Bonchev–Trinajstić information content (AvgIpc) is 2.40. The van der Waals surface area contributed by atoms with Crippen molar-refractivity contribution in [3.8, 4) is 0 Å². The smallest absolute Gasteiger partial charge is 0.323 e. The number of nitrogens with zero attached hydrogens (tertiary/aromatic N) is 2. The third-order valence-electron chi connectivity index (χ3n) is 3.03. The van der Waals surface area contributed by atoms with Crippen molar-refractivity contribution >= 4 is 18.1 Å². The van der Waals surface area contributed by atoms with Gasteiger partial charge in [0, 0.05) is 12.8 Å². The Balaban J connectivity index is 2.02. The van der Waals surface area contributed by atoms with Gasteiger partial charge in [0.2, 0.25) is 5.91 Å². The van der Waals surface area contributed by atoms with Crippen molar-refractivity contribution < 1.29 is 14.7 Å². The van der Waals surface area contributed by atoms with E-state index in [4.69, 9.17) is 5.11 Å². The summed E-state index contributed by atoms with van der Waals surface area (Å²) in [5.74, 6) is -1.18. The molecule has 100 valence electrons. The van der Waals surface area contributed by atoms with Crippen LogP contribution >= 0.6 is 0 Å². The fraction of sp³-hybridized carbons (Fsp3) is 0.357. The summed E-state index contributed by atoms with van der Waals surface area (Å²) < 4.78 is 0. The maximum atomic E-state index is 12.0. The number of carbonyl (C=O) groups excluding carboxylic acids is 1. The van der Waals surface area contributed by atoms with Crippen molar-refractivity contribution in [2.24, 2.45) is 4.99 Å². The summed E-state index contributed by atoms with van der Waals surface area (Å²) in [4.78, 5) is 28.3. The normalized spacial score (nSPS) is 19.9. The molecule has 5 heteroatoms. The molecule has 0 aliphatic carbocycles. The Bertz CT molecular complexity index is 485. The van der Waals surface area contributed by atoms with Crippen molar-refractivity contribution in [3.05, 3.63) is 35.9 Å². The minimum atomic E-state index is -0.985. The van der Waals surface area contributed by atoms with Gasteiger partial charge >= 0.3 is 5.97 Å². The summed E-state index contributed by atoms with van der Waals surface area (Å²) in [6, 6.07) is 9.09. The molecule has 0 bridgehead atoms. The molecule has 5 nitrogen and oxygen atoms in total. The van der Waals surface area contributed by atoms with Crippen LogP contribution < -0.4 is 0 Å². The van der Waals surface area contributed by atoms with E-state index in [0.717, 1.165) is 12.0 Å². The van der Waals surface area contributed by atoms with Gasteiger partial charge in [-0.05, 0) is 18.4 Å². The minimum Gasteiger partial charge on any atom is -0.480 e. The molecule has 1 heterocycles. The molecule has 1 fully saturated rings. The van der Waals surface area contributed by atoms with Gasteiger partial charge in [0.1, 0.15) is 12.6 Å². The van der Waals surface area contributed by atoms with Gasteiger partial charge in [-0.3, -0.25) is 14.6 Å². The summed E-state index contributed by atoms with van der Waals surface area (Å²) in [6.45, 7) is 0.263. The van der Waals surface area contributed by atoms with E-state index in [1.807, 2.05) is 30.3 Å². The molecular weight excluding hydrogens is 244 g/mol. The Morgan fingerprint density at radius 2 is 2.16 bits per heavy atom. The van der Waals surface area contributed by atoms with Crippen molar-refractivity contribution in [2.45, 2.75) is 18.9 Å². The minimum absolute atomic E-state index is 0.194. The first-order chi connectivity index (χ1) is 9.16. The first-order valence-electron chi connectivity index (χ1n) is 6.25. The van der Waals surface area contributed by atoms with Crippen molar-refractivity contribution in [1.29, 1.82) is 0 Å². The molecule has 0 spiro atoms. The van der Waals surface area contributed by atoms with Gasteiger partial charge in [0.25, 0.3) is 0 Å². The van der Waals surface area contributed by atoms with E-state index in [2.05, 4.69) is 4.99 Å². The molecule has 1 aromatic carbocycles. The topological polar surface area (TPSA) is 70.0 Å². The largest absolute Gasteiger partial charge is 0.480 e. The number of benzene rings is 1. The van der Waals surface area contributed by atoms with Crippen LogP contribution in [0.1, 0.15) is 18.4 Å². The molecule has 0 radical (unpaired) electrons. The monoisotopic (exact) mass is 260 g/mol. The zero-order valence-corrected chi connectivity index (χ0v) is 10.5. The SMILES string of the molecule is O=C(O)CN1CCC[C@H](N=Cc2ccccc2)C1=O. The van der Waals surface area contributed by atoms with E-state index in [1.165, 1.54) is 4.90 Å². The molecule has 1 atom stereocenters. The summed E-state index contributed by atoms with van der Waals surface area (Å²) >= 11 is 0. The molecule has 1 saturated heterocycles. The van der Waals surface area contributed by atoms with Crippen molar-refractivity contribution in [3.63, 3.8) is 0 Å². The molecule has 0 aromatic heterocycles. The number of amides is 1. The standard InChI is InChI=1S/C14H16N2O3/c17-13(18)10-16-8-4-7-12(14(16)19)15-9-11-5-2-1-3-6-11/h1-3,5-6,9,12H,4,7-8,10H2,(H,17,18)/t12-/m0/s1. The number of carboxylic acids is 1. The van der Waals surface area contributed by atoms with E-state index in [1.54, 1.807) is 6.21 Å². The molecule has 19 heavy (non-hydrogen) atoms. The number of rotatable bonds is 4. The summed E-state index contributed by atoms with van der Waals surface area (Å²) in [5, 5.41) is 8.75. The lowest BCUT2D eigenvalue weighted by Crippen LogP contribution is -2.45. The number of aliphatic imine (C=N–C) groups is 1. The third-order valence-corrected chi connectivity index (χ3v) is 3.03. The van der Waals surface area contributed by atoms with Crippen LogP contribution in [-0.2, 0) is 9.59 Å². The molecule has 1 aromatic rings. The van der Waals surface area contributed by atoms with Gasteiger partial charge in [0.05, 0.1) is 0 Å². The number of carbonyl (C=O) groups is 2. The van der Waals surface area contributed by atoms with Crippen LogP contribution in [0.5, 0.6) is 0 Å². The number of aliphatic carboxylic acids is 1. The van der Waals surface area contributed by atoms with Gasteiger partial charge < -0.3 is 10.0 Å². The maximum absolute atomic E-state index is 12.0. The molecule has 2 rings (SSSR count). The highest BCUT2D eigenvalue weighted by Gasteiger charge is 2.28. The first-order valence-corrected chi connectivity index (χ1v) is 6.25. The van der Waals surface area contributed by atoms with Crippen LogP contribution in [0, 0.1) is 0 Å². The fourth-order valence-electron chi connectivity index (χ4n) is 2.09. The number of carboxylic acid groups (broad SMARTS) is 1. The van der Waals surface area contributed by atoms with E-state index in [0.29, 0.717) is 13.0 Å². The quantitative estimate of drug-likeness (QED) is 0.826. The molecule has 1 N–H and O–H groups in total. The zero-order valence-electron chi connectivity index (χ0n) is 10.5. The first kappa shape index (κ1) is 13.3. The van der Waals surface area contributed by atoms with Gasteiger partial charge in [0.15, 0.2) is 0 Å². The summed E-state index contributed by atoms with van der Waals surface area (Å²) in [6.07, 6.45) is 3.14. The lowest BCUT2D eigenvalue weighted by molar-refractivity contribution is -0.146. The van der Waals surface area contributed by atoms with Gasteiger partial charge in [-0.25, -0.2) is 0 Å². The van der Waals surface area contributed by atoms with E-state index < -0.39 is 12.0 Å². The van der Waals surface area contributed by atoms with Crippen LogP contribution in [0.3, 0.4) is 0 Å². The molecule has 1 aliphatic rings. The Hall–Kier alpha value is -2.17. The van der Waals surface area contributed by atoms with Crippen LogP contribution in [0.4, 0.5) is 0 Å². The van der Waals surface area contributed by atoms with Gasteiger partial charge in [-0.1, -0.05) is 30.3 Å². The van der Waals surface area contributed by atoms with Crippen LogP contribution in [-0.4, -0.2) is 47.2 Å². The number of hydrogen-bond acceptors (Lipinski definition) is 3. The number of likely N-dealkylation sites (tertiary alicyclic amines) is 1. The fourth-order valence-corrected chi connectivity index (χ4v) is 2.09. The second kappa shape index (κ2) is 6.13. The molecule has 0 unspecified atom stereocenters. The maximum Gasteiger partial charge on any atom is 0.323 e. The zero-order chi connectivity index (χ0) is 13.7. The average molecular weight is 260 g/mol. The van der Waals surface area contributed by atoms with E-state index >= 15 is 0 Å². The Labute approximate surface area is 111 Å². The Morgan fingerprint density at radius 1 is 1.42 bits per heavy atom. The molecule has 1 aliphatic heterocycles. The van der Waals surface area contributed by atoms with Gasteiger partial charge in [-0.2, -0.15) is 0 Å². The predicted molar refractivity (Wildman–Crippen MR) is 71.3 cm³/mol. The number of hydrogen-bond donors (Lipinski definition) is 1. The second-order valence-corrected chi connectivity index (χ2v) is 4.50. The third kappa shape index (κ3) is 3.64. The van der Waals surface area contributed by atoms with Crippen LogP contribution in [0.2, 0.25) is 0 Å². The van der Waals surface area contributed by atoms with Gasteiger partial charge in [-0.15, -0.1) is 0 Å². The van der Waals surface area contributed by atoms with Crippen LogP contribution in [0.15, 0.2) is 35.3 Å². The Kier molecular flexibility index (Phi) is 4.28. The van der Waals surface area contributed by atoms with Crippen molar-refractivity contribution in [1.82, 2.24) is 4.90 Å². The van der Waals surface area contributed by atoms with E-state index in [9.17, 15) is 9.59 Å².